The predicted octanol–water partition coefficient (Wildman–Crippen LogP) is 3.70. The van der Waals surface area contributed by atoms with Crippen LogP contribution in [0.2, 0.25) is 0 Å². The monoisotopic (exact) mass is 389 g/mol. The maximum atomic E-state index is 12.7. The van der Waals surface area contributed by atoms with Crippen LogP contribution in [-0.4, -0.2) is 41.6 Å². The number of hydrogen-bond donors (Lipinski definition) is 2. The van der Waals surface area contributed by atoms with Crippen LogP contribution in [0.25, 0.3) is 10.9 Å². The molecular weight excluding hydrogens is 362 g/mol. The molecule has 2 fully saturated rings. The lowest BCUT2D eigenvalue weighted by molar-refractivity contribution is 0.1000. The van der Waals surface area contributed by atoms with Crippen LogP contribution in [0, 0.1) is 0 Å². The Labute approximate surface area is 163 Å². The van der Waals surface area contributed by atoms with E-state index >= 15 is 0 Å². The number of methoxy groups -OCH3 is 1. The van der Waals surface area contributed by atoms with Gasteiger partial charge in [0.25, 0.3) is 5.56 Å². The quantitative estimate of drug-likeness (QED) is 0.785. The van der Waals surface area contributed by atoms with Gasteiger partial charge in [-0.15, -0.1) is 0 Å². The summed E-state index contributed by atoms with van der Waals surface area (Å²) in [5.74, 6) is 2.01. The van der Waals surface area contributed by atoms with Crippen LogP contribution in [0.4, 0.5) is 5.69 Å². The van der Waals surface area contributed by atoms with Gasteiger partial charge in [0.2, 0.25) is 0 Å². The highest BCUT2D eigenvalue weighted by molar-refractivity contribution is 7.99. The van der Waals surface area contributed by atoms with Crippen LogP contribution in [0.1, 0.15) is 44.3 Å². The van der Waals surface area contributed by atoms with Crippen LogP contribution >= 0.6 is 11.8 Å². The average molecular weight is 390 g/mol. The third kappa shape index (κ3) is 4.41. The van der Waals surface area contributed by atoms with Gasteiger partial charge in [0, 0.05) is 36.3 Å². The molecule has 1 saturated carbocycles. The molecule has 0 bridgehead atoms. The number of aromatic amines is 1. The highest BCUT2D eigenvalue weighted by Crippen LogP contribution is 2.30. The van der Waals surface area contributed by atoms with Gasteiger partial charge >= 0.3 is 0 Å². The first kappa shape index (κ1) is 18.6. The summed E-state index contributed by atoms with van der Waals surface area (Å²) in [7, 11) is 1.60. The molecule has 2 N–H and O–H groups in total. The van der Waals surface area contributed by atoms with E-state index in [1.54, 1.807) is 7.11 Å². The second-order valence-electron chi connectivity index (χ2n) is 7.33. The second-order valence-corrected chi connectivity index (χ2v) is 8.62. The molecule has 27 heavy (non-hydrogen) atoms. The van der Waals surface area contributed by atoms with E-state index in [1.807, 2.05) is 23.9 Å². The zero-order valence-corrected chi connectivity index (χ0v) is 16.6. The summed E-state index contributed by atoms with van der Waals surface area (Å²) in [6.07, 6.45) is 7.05. The van der Waals surface area contributed by atoms with Crippen molar-refractivity contribution in [1.29, 1.82) is 0 Å². The van der Waals surface area contributed by atoms with Crippen molar-refractivity contribution in [1.82, 2.24) is 9.97 Å². The maximum absolute atomic E-state index is 12.7. The standard InChI is InChI=1S/C20H27N3O3S/c1-25-17-11-14(21-13-4-2-3-5-13)10-16-19(17)20(24)23-18(22-16)12-27-15-6-8-26-9-7-15/h10-11,13,15,21H,2-9,12H2,1H3,(H,22,23,24). The molecule has 1 aromatic carbocycles. The topological polar surface area (TPSA) is 76.2 Å². The zero-order chi connectivity index (χ0) is 18.6. The average Bonchev–Trinajstić information content (AvgIpc) is 3.19. The highest BCUT2D eigenvalue weighted by Gasteiger charge is 2.18. The van der Waals surface area contributed by atoms with E-state index in [0.717, 1.165) is 37.6 Å². The number of thioether (sulfide) groups is 1. The van der Waals surface area contributed by atoms with Crippen molar-refractivity contribution >= 4 is 28.4 Å². The molecule has 6 nitrogen and oxygen atoms in total. The SMILES string of the molecule is COc1cc(NC2CCCC2)cc2nc(CSC3CCOCC3)[nH]c(=O)c12. The van der Waals surface area contributed by atoms with Crippen molar-refractivity contribution in [2.24, 2.45) is 0 Å². The smallest absolute Gasteiger partial charge is 0.262 e. The Kier molecular flexibility index (Phi) is 5.88. The van der Waals surface area contributed by atoms with Gasteiger partial charge in [-0.25, -0.2) is 4.98 Å². The fourth-order valence-corrected chi connectivity index (χ4v) is 5.00. The first-order valence-electron chi connectivity index (χ1n) is 9.80. The van der Waals surface area contributed by atoms with E-state index in [2.05, 4.69) is 10.3 Å². The van der Waals surface area contributed by atoms with Gasteiger partial charge in [-0.2, -0.15) is 11.8 Å². The molecule has 0 unspecified atom stereocenters. The predicted molar refractivity (Wildman–Crippen MR) is 110 cm³/mol. The van der Waals surface area contributed by atoms with E-state index in [9.17, 15) is 4.79 Å². The van der Waals surface area contributed by atoms with Crippen LogP contribution in [-0.2, 0) is 10.5 Å². The molecule has 0 radical (unpaired) electrons. The van der Waals surface area contributed by atoms with Gasteiger partial charge in [-0.1, -0.05) is 12.8 Å². The summed E-state index contributed by atoms with van der Waals surface area (Å²) in [4.78, 5) is 20.3. The van der Waals surface area contributed by atoms with Gasteiger partial charge in [-0.3, -0.25) is 4.79 Å². The summed E-state index contributed by atoms with van der Waals surface area (Å²) in [5, 5.41) is 4.68. The van der Waals surface area contributed by atoms with E-state index in [-0.39, 0.29) is 5.56 Å². The van der Waals surface area contributed by atoms with Crippen LogP contribution in [0.3, 0.4) is 0 Å². The van der Waals surface area contributed by atoms with E-state index in [0.29, 0.717) is 33.7 Å². The van der Waals surface area contributed by atoms with Crippen molar-refractivity contribution < 1.29 is 9.47 Å². The molecule has 2 aromatic rings. The Morgan fingerprint density at radius 1 is 1.26 bits per heavy atom. The molecule has 1 aromatic heterocycles. The Morgan fingerprint density at radius 3 is 2.78 bits per heavy atom. The summed E-state index contributed by atoms with van der Waals surface area (Å²) in [6.45, 7) is 1.65. The summed E-state index contributed by atoms with van der Waals surface area (Å²) in [6, 6.07) is 4.39. The summed E-state index contributed by atoms with van der Waals surface area (Å²) >= 11 is 1.85. The molecule has 146 valence electrons. The fraction of sp³-hybridized carbons (Fsp3) is 0.600. The lowest BCUT2D eigenvalue weighted by atomic mass is 10.1. The molecule has 0 atom stereocenters. The van der Waals surface area contributed by atoms with Crippen molar-refractivity contribution in [2.75, 3.05) is 25.6 Å². The zero-order valence-electron chi connectivity index (χ0n) is 15.8. The minimum atomic E-state index is -0.133. The molecule has 2 heterocycles. The number of hydrogen-bond acceptors (Lipinski definition) is 6. The number of aromatic nitrogens is 2. The largest absolute Gasteiger partial charge is 0.496 e. The normalized spacial score (nSPS) is 18.9. The Bertz CT molecular complexity index is 842. The third-order valence-corrected chi connectivity index (χ3v) is 6.77. The van der Waals surface area contributed by atoms with Gasteiger partial charge in [0.05, 0.1) is 18.4 Å². The third-order valence-electron chi connectivity index (χ3n) is 5.39. The number of nitrogens with zero attached hydrogens (tertiary/aromatic N) is 1. The number of rotatable bonds is 6. The summed E-state index contributed by atoms with van der Waals surface area (Å²) < 4.78 is 10.9. The van der Waals surface area contributed by atoms with Crippen LogP contribution < -0.4 is 15.6 Å². The fourth-order valence-electron chi connectivity index (χ4n) is 3.94. The van der Waals surface area contributed by atoms with Crippen molar-refractivity contribution in [2.45, 2.75) is 55.6 Å². The molecule has 1 aliphatic heterocycles. The first-order chi connectivity index (χ1) is 13.2. The lowest BCUT2D eigenvalue weighted by Crippen LogP contribution is -2.19. The molecule has 2 aliphatic rings. The van der Waals surface area contributed by atoms with Gasteiger partial charge in [0.1, 0.15) is 17.0 Å². The number of H-pyrrole nitrogens is 1. The van der Waals surface area contributed by atoms with E-state index in [4.69, 9.17) is 14.5 Å². The van der Waals surface area contributed by atoms with Crippen molar-refractivity contribution in [3.8, 4) is 5.75 Å². The van der Waals surface area contributed by atoms with E-state index < -0.39 is 0 Å². The number of anilines is 1. The minimum absolute atomic E-state index is 0.133. The molecule has 7 heteroatoms. The van der Waals surface area contributed by atoms with E-state index in [1.165, 1.54) is 25.7 Å². The molecule has 1 saturated heterocycles. The minimum Gasteiger partial charge on any atom is -0.496 e. The Balaban J connectivity index is 1.59. The molecular formula is C20H27N3O3S. The first-order valence-corrected chi connectivity index (χ1v) is 10.8. The lowest BCUT2D eigenvalue weighted by Gasteiger charge is -2.21. The Morgan fingerprint density at radius 2 is 2.04 bits per heavy atom. The van der Waals surface area contributed by atoms with Gasteiger partial charge < -0.3 is 19.8 Å². The van der Waals surface area contributed by atoms with Crippen LogP contribution in [0.5, 0.6) is 5.75 Å². The molecule has 0 spiro atoms. The molecule has 0 amide bonds. The molecule has 4 rings (SSSR count). The van der Waals surface area contributed by atoms with Crippen LogP contribution in [0.15, 0.2) is 16.9 Å². The number of ether oxygens (including phenoxy) is 2. The van der Waals surface area contributed by atoms with Gasteiger partial charge in [-0.05, 0) is 31.7 Å². The number of benzene rings is 1. The van der Waals surface area contributed by atoms with Gasteiger partial charge in [0.15, 0.2) is 0 Å². The second kappa shape index (κ2) is 8.52. The number of nitrogens with one attached hydrogen (secondary N) is 2. The molecule has 1 aliphatic carbocycles. The highest BCUT2D eigenvalue weighted by atomic mass is 32.2. The summed E-state index contributed by atoms with van der Waals surface area (Å²) in [5.41, 5.74) is 1.54. The maximum Gasteiger partial charge on any atom is 0.262 e. The van der Waals surface area contributed by atoms with Crippen molar-refractivity contribution in [3.63, 3.8) is 0 Å². The number of fused-ring (bicyclic) bond motifs is 1. The Hall–Kier alpha value is -1.73. The van der Waals surface area contributed by atoms with Crippen molar-refractivity contribution in [3.05, 3.63) is 28.3 Å².